The van der Waals surface area contributed by atoms with Crippen LogP contribution in [0.15, 0.2) is 48.4 Å². The molecule has 2 aromatic carbocycles. The molecule has 1 saturated heterocycles. The van der Waals surface area contributed by atoms with E-state index >= 15 is 0 Å². The minimum absolute atomic E-state index is 0.0219. The van der Waals surface area contributed by atoms with Gasteiger partial charge in [0.05, 0.1) is 12.1 Å². The molecule has 0 aromatic heterocycles. The average Bonchev–Trinajstić information content (AvgIpc) is 2.86. The van der Waals surface area contributed by atoms with E-state index in [1.807, 2.05) is 13.8 Å². The molecular weight excluding hydrogens is 393 g/mol. The minimum atomic E-state index is -3.13. The molecule has 168 valence electrons. The largest absolute Gasteiger partial charge is 0.493 e. The van der Waals surface area contributed by atoms with Gasteiger partial charge in [-0.05, 0) is 74.1 Å². The van der Waals surface area contributed by atoms with Crippen molar-refractivity contribution in [3.8, 4) is 5.75 Å². The molecule has 0 saturated carbocycles. The summed E-state index contributed by atoms with van der Waals surface area (Å²) in [5.74, 6) is -0.416. The van der Waals surface area contributed by atoms with Gasteiger partial charge in [0.2, 0.25) is 0 Å². The van der Waals surface area contributed by atoms with Crippen molar-refractivity contribution < 1.29 is 29.0 Å². The van der Waals surface area contributed by atoms with Crippen molar-refractivity contribution in [1.82, 2.24) is 15.1 Å². The molecule has 3 rings (SSSR count). The molecule has 0 radical (unpaired) electrons. The smallest absolute Gasteiger partial charge is 0.318 e. The fraction of sp³-hybridized carbons (Fsp3) is 0.480. The fourth-order valence-corrected chi connectivity index (χ4v) is 2.93. The van der Waals surface area contributed by atoms with Gasteiger partial charge in [0.25, 0.3) is 0 Å². The molecular formula is C25H34FN3O2. The Bertz CT molecular complexity index is 1240. The first-order chi connectivity index (χ1) is 19.3. The normalized spacial score (nSPS) is 23.9. The van der Waals surface area contributed by atoms with Crippen molar-refractivity contribution in [2.24, 2.45) is 5.92 Å². The summed E-state index contributed by atoms with van der Waals surface area (Å²) in [5, 5.41) is 2.65. The van der Waals surface area contributed by atoms with E-state index in [0.717, 1.165) is 4.90 Å². The number of hydrogen-bond acceptors (Lipinski definition) is 3. The second-order valence-electron chi connectivity index (χ2n) is 7.64. The molecule has 1 aliphatic heterocycles. The Kier molecular flexibility index (Phi) is 4.47. The molecule has 0 bridgehead atoms. The zero-order chi connectivity index (χ0) is 31.8. The van der Waals surface area contributed by atoms with Crippen molar-refractivity contribution >= 4 is 6.03 Å². The number of halogens is 1. The number of urea groups is 1. The Morgan fingerprint density at radius 3 is 2.55 bits per heavy atom. The first-order valence-corrected chi connectivity index (χ1v) is 10.1. The molecule has 6 heteroatoms. The topological polar surface area (TPSA) is 44.8 Å². The zero-order valence-electron chi connectivity index (χ0n) is 28.6. The highest BCUT2D eigenvalue weighted by atomic mass is 19.1. The van der Waals surface area contributed by atoms with E-state index in [0.29, 0.717) is 23.8 Å². The van der Waals surface area contributed by atoms with Crippen molar-refractivity contribution in [2.75, 3.05) is 26.6 Å². The predicted molar refractivity (Wildman–Crippen MR) is 121 cm³/mol. The standard InChI is InChI=1S/C25H34FN3O2/c1-19(2)18-31-24-10-6-20(7-11-24)16-27-25(30)29(23-12-14-28(3)15-13-23)17-21-4-8-22(26)9-5-21/h4-11,19,23H,12-18H2,1-3H3,(H,27,30)/i3D3,4D,5D,8D,9D,14D2,15D2. The molecule has 1 heterocycles. The van der Waals surface area contributed by atoms with E-state index in [9.17, 15) is 9.18 Å². The molecule has 1 N–H and O–H groups in total. The van der Waals surface area contributed by atoms with Gasteiger partial charge in [0.1, 0.15) is 11.6 Å². The number of ether oxygens (including phenoxy) is 1. The number of likely N-dealkylation sites (tertiary alicyclic amines) is 1. The van der Waals surface area contributed by atoms with Crippen LogP contribution in [0.25, 0.3) is 0 Å². The van der Waals surface area contributed by atoms with Crippen molar-refractivity contribution in [1.29, 1.82) is 0 Å². The van der Waals surface area contributed by atoms with Crippen LogP contribution in [0.3, 0.4) is 0 Å². The molecule has 31 heavy (non-hydrogen) atoms. The summed E-state index contributed by atoms with van der Waals surface area (Å²) >= 11 is 0. The average molecular weight is 439 g/mol. The second kappa shape index (κ2) is 11.1. The van der Waals surface area contributed by atoms with E-state index in [1.165, 1.54) is 0 Å². The van der Waals surface area contributed by atoms with Crippen molar-refractivity contribution in [2.45, 2.75) is 45.8 Å². The zero-order valence-corrected chi connectivity index (χ0v) is 17.6. The lowest BCUT2D eigenvalue weighted by molar-refractivity contribution is 0.127. The number of amides is 2. The van der Waals surface area contributed by atoms with E-state index in [2.05, 4.69) is 5.32 Å². The van der Waals surface area contributed by atoms with Gasteiger partial charge >= 0.3 is 6.03 Å². The Morgan fingerprint density at radius 2 is 1.94 bits per heavy atom. The first-order valence-electron chi connectivity index (χ1n) is 15.6. The third kappa shape index (κ3) is 7.24. The summed E-state index contributed by atoms with van der Waals surface area (Å²) in [4.78, 5) is 14.7. The van der Waals surface area contributed by atoms with E-state index in [1.54, 1.807) is 24.3 Å². The lowest BCUT2D eigenvalue weighted by atomic mass is 10.0. The highest BCUT2D eigenvalue weighted by Gasteiger charge is 2.27. The maximum Gasteiger partial charge on any atom is 0.318 e. The molecule has 2 aromatic rings. The molecule has 0 atom stereocenters. The van der Waals surface area contributed by atoms with Gasteiger partial charge in [-0.25, -0.2) is 9.18 Å². The van der Waals surface area contributed by atoms with Crippen LogP contribution in [0.4, 0.5) is 9.18 Å². The summed E-state index contributed by atoms with van der Waals surface area (Å²) in [6.45, 7) is -4.73. The second-order valence-corrected chi connectivity index (χ2v) is 7.64. The van der Waals surface area contributed by atoms with Crippen LogP contribution in [-0.4, -0.2) is 48.4 Å². The van der Waals surface area contributed by atoms with Crippen LogP contribution in [0.2, 0.25) is 0 Å². The summed E-state index contributed by atoms with van der Waals surface area (Å²) in [6.07, 6.45) is -1.27. The van der Waals surface area contributed by atoms with Gasteiger partial charge in [0, 0.05) is 28.7 Å². The Hall–Kier alpha value is -2.60. The van der Waals surface area contributed by atoms with Crippen LogP contribution in [0, 0.1) is 11.7 Å². The van der Waals surface area contributed by atoms with Gasteiger partial charge in [-0.15, -0.1) is 0 Å². The molecule has 1 aliphatic rings. The predicted octanol–water partition coefficient (Wildman–Crippen LogP) is 4.67. The van der Waals surface area contributed by atoms with Crippen LogP contribution < -0.4 is 10.1 Å². The third-order valence-corrected chi connectivity index (χ3v) is 4.60. The van der Waals surface area contributed by atoms with Crippen molar-refractivity contribution in [3.63, 3.8) is 0 Å². The quantitative estimate of drug-likeness (QED) is 0.652. The monoisotopic (exact) mass is 438 g/mol. The van der Waals surface area contributed by atoms with Gasteiger partial charge in [-0.3, -0.25) is 0 Å². The first kappa shape index (κ1) is 12.4. The van der Waals surface area contributed by atoms with Crippen LogP contribution in [-0.2, 0) is 13.1 Å². The van der Waals surface area contributed by atoms with Gasteiger partial charge in [-0.1, -0.05) is 38.1 Å². The number of nitrogens with zero attached hydrogens (tertiary/aromatic N) is 2. The third-order valence-electron chi connectivity index (χ3n) is 4.60. The van der Waals surface area contributed by atoms with E-state index < -0.39 is 81.4 Å². The van der Waals surface area contributed by atoms with Crippen LogP contribution >= 0.6 is 0 Å². The maximum atomic E-state index is 14.2. The Morgan fingerprint density at radius 1 is 1.26 bits per heavy atom. The minimum Gasteiger partial charge on any atom is -0.493 e. The molecule has 0 spiro atoms. The highest BCUT2D eigenvalue weighted by Crippen LogP contribution is 2.19. The number of piperidine rings is 1. The number of hydrogen-bond donors (Lipinski definition) is 1. The van der Waals surface area contributed by atoms with Crippen LogP contribution in [0.1, 0.15) is 52.9 Å². The summed E-state index contributed by atoms with van der Waals surface area (Å²) in [7, 11) is 0. The Labute approximate surface area is 200 Å². The van der Waals surface area contributed by atoms with Crippen molar-refractivity contribution in [3.05, 3.63) is 65.4 Å². The van der Waals surface area contributed by atoms with Crippen LogP contribution in [0.5, 0.6) is 5.75 Å². The van der Waals surface area contributed by atoms with E-state index in [-0.39, 0.29) is 17.0 Å². The number of carbonyl (C=O) groups is 1. The summed E-state index contributed by atoms with van der Waals surface area (Å²) in [5.41, 5.74) is 0.307. The summed E-state index contributed by atoms with van der Waals surface area (Å²) in [6, 6.07) is 1.37. The molecule has 0 unspecified atom stereocenters. The molecule has 2 amide bonds. The lowest BCUT2D eigenvalue weighted by Crippen LogP contribution is -2.49. The maximum absolute atomic E-state index is 14.2. The number of nitrogens with one attached hydrogen (secondary N) is 1. The Balaban J connectivity index is 1.94. The van der Waals surface area contributed by atoms with Gasteiger partial charge in [0.15, 0.2) is 0 Å². The number of rotatable bonds is 8. The highest BCUT2D eigenvalue weighted by molar-refractivity contribution is 5.74. The van der Waals surface area contributed by atoms with Gasteiger partial charge < -0.3 is 19.9 Å². The number of benzene rings is 2. The SMILES string of the molecule is [2H]c1c([2H])c(CN(C(=O)NCc2ccc(OCC(C)C)cc2)C2CC([2H])([2H])N(C([2H])([2H])[2H])C([2H])([2H])C2)c([2H])c([2H])c1F. The van der Waals surface area contributed by atoms with E-state index in [4.69, 9.17) is 19.8 Å². The summed E-state index contributed by atoms with van der Waals surface area (Å²) < 4.78 is 108. The molecule has 0 aliphatic carbocycles. The lowest BCUT2D eigenvalue weighted by Gasteiger charge is -2.37. The molecule has 5 nitrogen and oxygen atoms in total. The number of carbonyl (C=O) groups excluding carboxylic acids is 1. The molecule has 1 fully saturated rings. The van der Waals surface area contributed by atoms with Gasteiger partial charge in [-0.2, -0.15) is 0 Å². The fourth-order valence-electron chi connectivity index (χ4n) is 2.93.